The third kappa shape index (κ3) is 4.63. The van der Waals surface area contributed by atoms with Crippen molar-refractivity contribution in [1.29, 1.82) is 0 Å². The van der Waals surface area contributed by atoms with E-state index in [1.54, 1.807) is 0 Å². The first-order chi connectivity index (χ1) is 11.1. The summed E-state index contributed by atoms with van der Waals surface area (Å²) in [6.07, 6.45) is -4.42. The highest BCUT2D eigenvalue weighted by atomic mass is 31.2. The first kappa shape index (κ1) is 19.1. The summed E-state index contributed by atoms with van der Waals surface area (Å²) < 4.78 is 36.1. The van der Waals surface area contributed by atoms with Crippen LogP contribution in [0.5, 0.6) is 0 Å². The lowest BCUT2D eigenvalue weighted by Gasteiger charge is -2.16. The summed E-state index contributed by atoms with van der Waals surface area (Å²) in [6, 6.07) is 1.28. The van der Waals surface area contributed by atoms with Gasteiger partial charge in [0.2, 0.25) is 0 Å². The predicted molar refractivity (Wildman–Crippen MR) is 75.5 cm³/mol. The van der Waals surface area contributed by atoms with E-state index in [1.807, 2.05) is 0 Å². The van der Waals surface area contributed by atoms with Crippen molar-refractivity contribution in [3.05, 3.63) is 22.7 Å². The van der Waals surface area contributed by atoms with Crippen molar-refractivity contribution in [2.45, 2.75) is 24.5 Å². The molecule has 0 saturated carbocycles. The second-order valence-corrected chi connectivity index (χ2v) is 7.02. The number of phosphoric acid groups is 1. The van der Waals surface area contributed by atoms with Gasteiger partial charge in [0.15, 0.2) is 6.23 Å². The van der Waals surface area contributed by atoms with E-state index in [9.17, 15) is 24.1 Å². The number of nitrogens with two attached hydrogens (primary N) is 1. The molecule has 0 bridgehead atoms. The number of nitrogen functional groups attached to an aromatic ring is 1. The lowest BCUT2D eigenvalue weighted by molar-refractivity contribution is -0.0516. The van der Waals surface area contributed by atoms with Gasteiger partial charge in [0, 0.05) is 10.8 Å². The van der Waals surface area contributed by atoms with Crippen molar-refractivity contribution in [1.82, 2.24) is 9.55 Å². The molecule has 0 spiro atoms. The maximum Gasteiger partial charge on any atom is 0.708 e. The second kappa shape index (κ2) is 7.31. The topological polar surface area (TPSA) is 204 Å². The van der Waals surface area contributed by atoms with Crippen molar-refractivity contribution >= 4 is 21.9 Å². The molecule has 1 aliphatic rings. The first-order valence-corrected chi connectivity index (χ1v) is 8.93. The maximum atomic E-state index is 11.7. The van der Waals surface area contributed by atoms with Gasteiger partial charge < -0.3 is 30.5 Å². The van der Waals surface area contributed by atoms with Gasteiger partial charge in [-0.2, -0.15) is 4.98 Å². The number of nitrogens with zero attached hydrogens (tertiary/aromatic N) is 2. The molecule has 1 fully saturated rings. The smallest absolute Gasteiger partial charge is 0.387 e. The quantitative estimate of drug-likeness (QED) is 0.345. The van der Waals surface area contributed by atoms with Crippen LogP contribution in [0.3, 0.4) is 0 Å². The van der Waals surface area contributed by atoms with E-state index in [0.29, 0.717) is 0 Å². The van der Waals surface area contributed by atoms with Crippen LogP contribution >= 0.6 is 16.1 Å². The van der Waals surface area contributed by atoms with Crippen LogP contribution in [0.25, 0.3) is 0 Å². The molecule has 2 heterocycles. The molecule has 1 unspecified atom stereocenters. The van der Waals surface area contributed by atoms with E-state index in [4.69, 9.17) is 20.3 Å². The van der Waals surface area contributed by atoms with Crippen molar-refractivity contribution in [3.63, 3.8) is 0 Å². The number of anilines is 1. The highest BCUT2D eigenvalue weighted by Crippen LogP contribution is 2.48. The van der Waals surface area contributed by atoms with Crippen LogP contribution in [-0.4, -0.2) is 54.5 Å². The number of hydrogen-bond acceptors (Lipinski definition) is 10. The molecule has 0 aliphatic carbocycles. The van der Waals surface area contributed by atoms with Gasteiger partial charge in [-0.05, 0) is 10.4 Å². The van der Waals surface area contributed by atoms with Gasteiger partial charge in [-0.1, -0.05) is 0 Å². The fraction of sp³-hybridized carbons (Fsp3) is 0.556. The molecule has 24 heavy (non-hydrogen) atoms. The predicted octanol–water partition coefficient (Wildman–Crippen LogP) is -1.77. The van der Waals surface area contributed by atoms with Gasteiger partial charge in [0.1, 0.15) is 30.7 Å². The van der Waals surface area contributed by atoms with Gasteiger partial charge in [-0.15, -0.1) is 4.52 Å². The van der Waals surface area contributed by atoms with Crippen molar-refractivity contribution in [3.8, 4) is 0 Å². The number of aliphatic hydroxyl groups excluding tert-OH is 2. The summed E-state index contributed by atoms with van der Waals surface area (Å²) in [7, 11) is -8.19. The van der Waals surface area contributed by atoms with Crippen LogP contribution in [0.15, 0.2) is 17.1 Å². The molecular formula is C9H14N3O10P2+. The van der Waals surface area contributed by atoms with Gasteiger partial charge >= 0.3 is 21.8 Å². The van der Waals surface area contributed by atoms with Gasteiger partial charge in [0.05, 0.1) is 0 Å². The lowest BCUT2D eigenvalue weighted by Crippen LogP contribution is -2.36. The Morgan fingerprint density at radius 3 is 2.67 bits per heavy atom. The zero-order valence-corrected chi connectivity index (χ0v) is 13.6. The first-order valence-electron chi connectivity index (χ1n) is 6.30. The Balaban J connectivity index is 2.03. The third-order valence-corrected chi connectivity index (χ3v) is 4.72. The number of rotatable bonds is 6. The van der Waals surface area contributed by atoms with E-state index in [2.05, 4.69) is 13.8 Å². The molecule has 5 atom stereocenters. The van der Waals surface area contributed by atoms with Crippen LogP contribution in [0.2, 0.25) is 0 Å². The average Bonchev–Trinajstić information content (AvgIpc) is 2.71. The van der Waals surface area contributed by atoms with Crippen molar-refractivity contribution < 1.29 is 42.7 Å². The lowest BCUT2D eigenvalue weighted by atomic mass is 10.1. The average molecular weight is 386 g/mol. The highest BCUT2D eigenvalue weighted by Gasteiger charge is 2.46. The van der Waals surface area contributed by atoms with Crippen LogP contribution in [-0.2, 0) is 22.7 Å². The Kier molecular flexibility index (Phi) is 5.81. The fourth-order valence-electron chi connectivity index (χ4n) is 1.96. The number of aromatic nitrogens is 2. The van der Waals surface area contributed by atoms with Crippen molar-refractivity contribution in [2.24, 2.45) is 0 Å². The Labute approximate surface area is 134 Å². The molecule has 1 saturated heterocycles. The summed E-state index contributed by atoms with van der Waals surface area (Å²) >= 11 is 0. The molecular weight excluding hydrogens is 372 g/mol. The summed E-state index contributed by atoms with van der Waals surface area (Å²) in [4.78, 5) is 32.1. The van der Waals surface area contributed by atoms with E-state index in [-0.39, 0.29) is 5.82 Å². The van der Waals surface area contributed by atoms with E-state index >= 15 is 0 Å². The Hall–Kier alpha value is -1.27. The largest absolute Gasteiger partial charge is 0.708 e. The normalized spacial score (nSPS) is 28.1. The van der Waals surface area contributed by atoms with Gasteiger partial charge in [-0.3, -0.25) is 4.57 Å². The van der Waals surface area contributed by atoms with E-state index in [0.717, 1.165) is 4.57 Å². The standard InChI is InChI=1S/C9H13N3O10P2/c10-5-1-2-12(9(15)11-5)8-7(14)6(13)4(21-8)3-20-23(16)22-24(17,18)19/h1-2,4,6-8,13-14H,3H2,(H3-,10,11,15,17,18,19)/p+1/t4-,6-,7-,8-/m1/s1. The summed E-state index contributed by atoms with van der Waals surface area (Å²) in [5, 5.41) is 19.8. The molecule has 6 N–H and O–H groups in total. The van der Waals surface area contributed by atoms with Crippen LogP contribution in [0, 0.1) is 0 Å². The van der Waals surface area contributed by atoms with E-state index < -0.39 is 52.9 Å². The molecule has 13 nitrogen and oxygen atoms in total. The zero-order valence-electron chi connectivity index (χ0n) is 11.8. The molecule has 1 aromatic rings. The molecule has 0 amide bonds. The monoisotopic (exact) mass is 386 g/mol. The molecule has 2 rings (SSSR count). The molecule has 1 aromatic heterocycles. The molecule has 0 radical (unpaired) electrons. The van der Waals surface area contributed by atoms with Crippen LogP contribution in [0.4, 0.5) is 5.82 Å². The molecule has 15 heteroatoms. The van der Waals surface area contributed by atoms with E-state index in [1.165, 1.54) is 12.3 Å². The third-order valence-electron chi connectivity index (χ3n) is 2.98. The molecule has 134 valence electrons. The maximum absolute atomic E-state index is 11.7. The van der Waals surface area contributed by atoms with Crippen molar-refractivity contribution in [2.75, 3.05) is 12.3 Å². The molecule has 1 aliphatic heterocycles. The minimum absolute atomic E-state index is 0.0456. The summed E-state index contributed by atoms with van der Waals surface area (Å²) in [6.45, 7) is -0.624. The molecule has 0 aromatic carbocycles. The minimum Gasteiger partial charge on any atom is -0.387 e. The van der Waals surface area contributed by atoms with Gasteiger partial charge in [0.25, 0.3) is 0 Å². The van der Waals surface area contributed by atoms with Crippen LogP contribution in [0.1, 0.15) is 6.23 Å². The number of aliphatic hydroxyl groups is 2. The number of ether oxygens (including phenoxy) is 1. The highest BCUT2D eigenvalue weighted by molar-refractivity contribution is 7.55. The summed E-state index contributed by atoms with van der Waals surface area (Å²) in [5.74, 6) is -0.0456. The van der Waals surface area contributed by atoms with Crippen LogP contribution < -0.4 is 11.4 Å². The minimum atomic E-state index is -5.01. The SMILES string of the molecule is Nc1ccn([C@@H]2O[C@H](CO[P+](=O)OP(=O)(O)O)[C@@H](O)[C@H]2O)c(=O)n1. The fourth-order valence-corrected chi connectivity index (χ4v) is 3.11. The zero-order chi connectivity index (χ0) is 18.1. The second-order valence-electron chi connectivity index (χ2n) is 4.68. The summed E-state index contributed by atoms with van der Waals surface area (Å²) in [5.41, 5.74) is 4.51. The Bertz CT molecular complexity index is 720. The van der Waals surface area contributed by atoms with Gasteiger partial charge in [-0.25, -0.2) is 9.36 Å². The number of hydrogen-bond donors (Lipinski definition) is 5. The Morgan fingerprint density at radius 1 is 1.42 bits per heavy atom. The Morgan fingerprint density at radius 2 is 2.08 bits per heavy atom.